The molecule has 6 heteroatoms. The van der Waals surface area contributed by atoms with E-state index in [1.165, 1.54) is 5.56 Å². The summed E-state index contributed by atoms with van der Waals surface area (Å²) in [5, 5.41) is 25.4. The predicted octanol–water partition coefficient (Wildman–Crippen LogP) is 6.50. The van der Waals surface area contributed by atoms with Crippen LogP contribution in [-0.4, -0.2) is 26.3 Å². The lowest BCUT2D eigenvalue weighted by Crippen LogP contribution is -2.19. The van der Waals surface area contributed by atoms with E-state index in [0.717, 1.165) is 27.8 Å². The zero-order chi connectivity index (χ0) is 27.0. The third-order valence-electron chi connectivity index (χ3n) is 7.64. The molecule has 2 N–H and O–H groups in total. The van der Waals surface area contributed by atoms with Gasteiger partial charge in [-0.1, -0.05) is 84.0 Å². The molecule has 3 aromatic carbocycles. The van der Waals surface area contributed by atoms with Gasteiger partial charge in [0.2, 0.25) is 0 Å². The largest absolute Gasteiger partial charge is 0.481 e. The van der Waals surface area contributed by atoms with E-state index in [9.17, 15) is 15.0 Å². The average Bonchev–Trinajstić information content (AvgIpc) is 3.70. The Kier molecular flexibility index (Phi) is 6.33. The summed E-state index contributed by atoms with van der Waals surface area (Å²) in [7, 11) is 0. The number of aliphatic hydroxyl groups excluding tert-OH is 1. The number of carbonyl (C=O) groups is 1. The van der Waals surface area contributed by atoms with Crippen LogP contribution >= 0.6 is 0 Å². The van der Waals surface area contributed by atoms with Crippen molar-refractivity contribution >= 4 is 5.97 Å². The molecular weight excluding hydrogens is 488 g/mol. The SMILES string of the molecule is Cc1noc(-c2ccccc2-c2ccc(C3(C(=O)O)CC3)cc2)c1C(O)c1cncc(Cc2ccccc2)c1. The third-order valence-corrected chi connectivity index (χ3v) is 7.64. The van der Waals surface area contributed by atoms with Crippen molar-refractivity contribution in [2.24, 2.45) is 0 Å². The molecule has 0 spiro atoms. The molecule has 39 heavy (non-hydrogen) atoms. The van der Waals surface area contributed by atoms with Crippen LogP contribution in [0.4, 0.5) is 0 Å². The van der Waals surface area contributed by atoms with Crippen LogP contribution < -0.4 is 0 Å². The normalized spacial score (nSPS) is 14.6. The van der Waals surface area contributed by atoms with Crippen LogP contribution in [-0.2, 0) is 16.6 Å². The van der Waals surface area contributed by atoms with Crippen molar-refractivity contribution in [3.8, 4) is 22.5 Å². The number of benzene rings is 3. The van der Waals surface area contributed by atoms with Gasteiger partial charge in [0.1, 0.15) is 6.10 Å². The summed E-state index contributed by atoms with van der Waals surface area (Å²) >= 11 is 0. The monoisotopic (exact) mass is 516 g/mol. The van der Waals surface area contributed by atoms with Crippen LogP contribution in [0.5, 0.6) is 0 Å². The minimum atomic E-state index is -0.977. The number of hydrogen-bond acceptors (Lipinski definition) is 5. The lowest BCUT2D eigenvalue weighted by atomic mass is 9.90. The zero-order valence-corrected chi connectivity index (χ0v) is 21.5. The summed E-state index contributed by atoms with van der Waals surface area (Å²) in [6.07, 6.45) is 4.56. The maximum Gasteiger partial charge on any atom is 0.314 e. The number of carboxylic acids is 1. The van der Waals surface area contributed by atoms with E-state index >= 15 is 0 Å². The van der Waals surface area contributed by atoms with Gasteiger partial charge in [0, 0.05) is 23.5 Å². The highest BCUT2D eigenvalue weighted by Gasteiger charge is 2.51. The topological polar surface area (TPSA) is 96.5 Å². The van der Waals surface area contributed by atoms with Crippen molar-refractivity contribution in [2.45, 2.75) is 37.7 Å². The molecule has 0 saturated heterocycles. The van der Waals surface area contributed by atoms with E-state index in [1.54, 1.807) is 6.20 Å². The fraction of sp³-hybridized carbons (Fsp3) is 0.182. The fourth-order valence-electron chi connectivity index (χ4n) is 5.30. The molecule has 2 aromatic heterocycles. The smallest absolute Gasteiger partial charge is 0.314 e. The molecule has 1 fully saturated rings. The first-order chi connectivity index (χ1) is 19.0. The summed E-state index contributed by atoms with van der Waals surface area (Å²) in [6, 6.07) is 27.6. The highest BCUT2D eigenvalue weighted by molar-refractivity contribution is 5.86. The maximum absolute atomic E-state index is 11.8. The Bertz CT molecular complexity index is 1640. The van der Waals surface area contributed by atoms with Gasteiger partial charge in [-0.25, -0.2) is 0 Å². The van der Waals surface area contributed by atoms with Crippen LogP contribution in [0.25, 0.3) is 22.5 Å². The Labute approximate surface area is 226 Å². The Morgan fingerprint density at radius 3 is 2.31 bits per heavy atom. The van der Waals surface area contributed by atoms with Crippen molar-refractivity contribution in [3.05, 3.63) is 131 Å². The molecule has 1 aliphatic rings. The second-order valence-electron chi connectivity index (χ2n) is 10.2. The fourth-order valence-corrected chi connectivity index (χ4v) is 5.30. The standard InChI is InChI=1S/C33H28N2O4/c1-21-29(30(36)25-18-23(19-34-20-25)17-22-7-3-2-4-8-22)31(39-35-21)28-10-6-5-9-27(28)24-11-13-26(14-12-24)33(15-16-33)32(37)38/h2-14,18-20,30,36H,15-17H2,1H3,(H,37,38). The molecule has 6 rings (SSSR count). The Morgan fingerprint density at radius 1 is 0.923 bits per heavy atom. The van der Waals surface area contributed by atoms with Crippen LogP contribution in [0, 0.1) is 6.92 Å². The molecule has 5 aromatic rings. The quantitative estimate of drug-likeness (QED) is 0.244. The van der Waals surface area contributed by atoms with E-state index < -0.39 is 17.5 Å². The number of hydrogen-bond donors (Lipinski definition) is 2. The van der Waals surface area contributed by atoms with Crippen LogP contribution in [0.15, 0.2) is 102 Å². The third kappa shape index (κ3) is 4.64. The van der Waals surface area contributed by atoms with E-state index in [2.05, 4.69) is 22.3 Å². The number of nitrogens with zero attached hydrogens (tertiary/aromatic N) is 2. The summed E-state index contributed by atoms with van der Waals surface area (Å²) in [4.78, 5) is 16.2. The number of aromatic nitrogens is 2. The number of aliphatic carboxylic acids is 1. The summed E-state index contributed by atoms with van der Waals surface area (Å²) < 4.78 is 5.82. The number of pyridine rings is 1. The predicted molar refractivity (Wildman–Crippen MR) is 148 cm³/mol. The first-order valence-corrected chi connectivity index (χ1v) is 13.0. The van der Waals surface area contributed by atoms with Crippen molar-refractivity contribution < 1.29 is 19.5 Å². The minimum absolute atomic E-state index is 0.498. The molecule has 0 amide bonds. The highest BCUT2D eigenvalue weighted by atomic mass is 16.5. The highest BCUT2D eigenvalue weighted by Crippen LogP contribution is 2.49. The zero-order valence-electron chi connectivity index (χ0n) is 21.5. The molecule has 1 atom stereocenters. The first-order valence-electron chi connectivity index (χ1n) is 13.0. The molecule has 1 saturated carbocycles. The van der Waals surface area contributed by atoms with Gasteiger partial charge in [-0.3, -0.25) is 9.78 Å². The van der Waals surface area contributed by atoms with Crippen LogP contribution in [0.1, 0.15) is 52.5 Å². The van der Waals surface area contributed by atoms with Gasteiger partial charge < -0.3 is 14.7 Å². The van der Waals surface area contributed by atoms with Gasteiger partial charge in [0.15, 0.2) is 5.76 Å². The van der Waals surface area contributed by atoms with Crippen molar-refractivity contribution in [1.82, 2.24) is 10.1 Å². The number of carboxylic acid groups (broad SMARTS) is 1. The number of aliphatic hydroxyl groups is 1. The molecule has 1 unspecified atom stereocenters. The lowest BCUT2D eigenvalue weighted by Gasteiger charge is -2.15. The van der Waals surface area contributed by atoms with E-state index in [0.29, 0.717) is 41.8 Å². The number of rotatable bonds is 8. The first kappa shape index (κ1) is 24.8. The molecule has 1 aliphatic carbocycles. The molecule has 0 radical (unpaired) electrons. The van der Waals surface area contributed by atoms with Crippen LogP contribution in [0.3, 0.4) is 0 Å². The molecule has 6 nitrogen and oxygen atoms in total. The van der Waals surface area contributed by atoms with Crippen LogP contribution in [0.2, 0.25) is 0 Å². The van der Waals surface area contributed by atoms with Crippen molar-refractivity contribution in [1.29, 1.82) is 0 Å². The van der Waals surface area contributed by atoms with Crippen molar-refractivity contribution in [3.63, 3.8) is 0 Å². The average molecular weight is 517 g/mol. The summed E-state index contributed by atoms with van der Waals surface area (Å²) in [5.74, 6) is -0.272. The molecule has 194 valence electrons. The van der Waals surface area contributed by atoms with E-state index in [4.69, 9.17) is 4.52 Å². The number of aryl methyl sites for hydroxylation is 1. The molecule has 0 bridgehead atoms. The summed E-state index contributed by atoms with van der Waals surface area (Å²) in [6.45, 7) is 1.82. The van der Waals surface area contributed by atoms with E-state index in [-0.39, 0.29) is 0 Å². The van der Waals surface area contributed by atoms with Gasteiger partial charge >= 0.3 is 5.97 Å². The van der Waals surface area contributed by atoms with Gasteiger partial charge in [0.25, 0.3) is 0 Å². The van der Waals surface area contributed by atoms with Gasteiger partial charge in [-0.05, 0) is 60.1 Å². The second kappa shape index (κ2) is 9.97. The lowest BCUT2D eigenvalue weighted by molar-refractivity contribution is -0.140. The molecular formula is C33H28N2O4. The van der Waals surface area contributed by atoms with E-state index in [1.807, 2.05) is 85.9 Å². The molecule has 2 heterocycles. The van der Waals surface area contributed by atoms with Gasteiger partial charge in [0.05, 0.1) is 16.7 Å². The van der Waals surface area contributed by atoms with Gasteiger partial charge in [-0.15, -0.1) is 0 Å². The summed E-state index contributed by atoms with van der Waals surface area (Å²) in [5.41, 5.74) is 6.75. The Morgan fingerprint density at radius 2 is 1.62 bits per heavy atom. The van der Waals surface area contributed by atoms with Crippen molar-refractivity contribution in [2.75, 3.05) is 0 Å². The Balaban J connectivity index is 1.34. The van der Waals surface area contributed by atoms with Gasteiger partial charge in [-0.2, -0.15) is 0 Å². The Hall–Kier alpha value is -4.55. The minimum Gasteiger partial charge on any atom is -0.481 e. The maximum atomic E-state index is 11.8. The molecule has 0 aliphatic heterocycles. The second-order valence-corrected chi connectivity index (χ2v) is 10.2.